The third kappa shape index (κ3) is 2.12. The number of thiophene rings is 1. The molecular formula is C16H21NOS. The molecule has 4 rings (SSSR count). The van der Waals surface area contributed by atoms with E-state index in [0.717, 1.165) is 25.9 Å². The van der Waals surface area contributed by atoms with E-state index in [4.69, 9.17) is 0 Å². The molecular weight excluding hydrogens is 254 g/mol. The average molecular weight is 275 g/mol. The highest BCUT2D eigenvalue weighted by Crippen LogP contribution is 2.59. The van der Waals surface area contributed by atoms with Crippen LogP contribution >= 0.6 is 11.3 Å². The molecule has 0 aromatic carbocycles. The first-order valence-electron chi connectivity index (χ1n) is 7.58. The normalized spacial score (nSPS) is 32.1. The molecule has 2 nitrogen and oxygen atoms in total. The lowest BCUT2D eigenvalue weighted by Crippen LogP contribution is -2.33. The minimum atomic E-state index is 0.351. The Morgan fingerprint density at radius 3 is 2.89 bits per heavy atom. The molecule has 1 spiro atoms. The first-order chi connectivity index (χ1) is 9.26. The zero-order valence-corrected chi connectivity index (χ0v) is 12.1. The number of hydrogen-bond donors (Lipinski definition) is 0. The SMILES string of the molecule is O=C(C1CCC2(CC2)C1)N1CCC(c2cccs2)C1. The summed E-state index contributed by atoms with van der Waals surface area (Å²) in [5, 5.41) is 2.15. The van der Waals surface area contributed by atoms with E-state index in [1.54, 1.807) is 0 Å². The smallest absolute Gasteiger partial charge is 0.225 e. The van der Waals surface area contributed by atoms with Crippen LogP contribution in [0.2, 0.25) is 0 Å². The second kappa shape index (κ2) is 4.34. The molecule has 2 unspecified atom stereocenters. The van der Waals surface area contributed by atoms with Crippen molar-refractivity contribution >= 4 is 17.2 Å². The topological polar surface area (TPSA) is 20.3 Å². The third-order valence-electron chi connectivity index (χ3n) is 5.45. The molecule has 1 aromatic heterocycles. The zero-order valence-electron chi connectivity index (χ0n) is 11.3. The summed E-state index contributed by atoms with van der Waals surface area (Å²) in [6, 6.07) is 4.34. The lowest BCUT2D eigenvalue weighted by atomic mass is 10.0. The van der Waals surface area contributed by atoms with Gasteiger partial charge in [0, 0.05) is 29.8 Å². The molecule has 3 aliphatic rings. The molecule has 2 saturated carbocycles. The van der Waals surface area contributed by atoms with Crippen molar-refractivity contribution in [1.29, 1.82) is 0 Å². The zero-order chi connectivity index (χ0) is 12.9. The van der Waals surface area contributed by atoms with Gasteiger partial charge in [0.25, 0.3) is 0 Å². The van der Waals surface area contributed by atoms with Crippen LogP contribution < -0.4 is 0 Å². The van der Waals surface area contributed by atoms with Crippen molar-refractivity contribution in [3.8, 4) is 0 Å². The molecule has 1 saturated heterocycles. The fraction of sp³-hybridized carbons (Fsp3) is 0.688. The van der Waals surface area contributed by atoms with Gasteiger partial charge in [-0.1, -0.05) is 6.07 Å². The van der Waals surface area contributed by atoms with Crippen molar-refractivity contribution in [3.63, 3.8) is 0 Å². The molecule has 0 radical (unpaired) electrons. The summed E-state index contributed by atoms with van der Waals surface area (Å²) in [7, 11) is 0. The summed E-state index contributed by atoms with van der Waals surface area (Å²) in [6.07, 6.45) is 7.57. The van der Waals surface area contributed by atoms with Crippen LogP contribution in [0.3, 0.4) is 0 Å². The van der Waals surface area contributed by atoms with Crippen LogP contribution in [0.5, 0.6) is 0 Å². The predicted octanol–water partition coefficient (Wildman–Crippen LogP) is 3.64. The van der Waals surface area contributed by atoms with Crippen molar-refractivity contribution in [2.45, 2.75) is 44.4 Å². The van der Waals surface area contributed by atoms with Gasteiger partial charge in [0.05, 0.1) is 0 Å². The van der Waals surface area contributed by atoms with Gasteiger partial charge >= 0.3 is 0 Å². The average Bonchev–Trinajstić information content (AvgIpc) is 2.90. The van der Waals surface area contributed by atoms with Crippen LogP contribution in [0.4, 0.5) is 0 Å². The van der Waals surface area contributed by atoms with Gasteiger partial charge in [-0.25, -0.2) is 0 Å². The van der Waals surface area contributed by atoms with Gasteiger partial charge in [0.2, 0.25) is 5.91 Å². The molecule has 1 amide bonds. The third-order valence-corrected chi connectivity index (χ3v) is 6.49. The molecule has 0 N–H and O–H groups in total. The Kier molecular flexibility index (Phi) is 2.73. The van der Waals surface area contributed by atoms with Crippen LogP contribution in [0.15, 0.2) is 17.5 Å². The van der Waals surface area contributed by atoms with Crippen molar-refractivity contribution in [2.24, 2.45) is 11.3 Å². The van der Waals surface area contributed by atoms with Crippen molar-refractivity contribution in [1.82, 2.24) is 4.90 Å². The van der Waals surface area contributed by atoms with Crippen molar-refractivity contribution < 1.29 is 4.79 Å². The Balaban J connectivity index is 1.39. The molecule has 102 valence electrons. The second-order valence-corrected chi connectivity index (χ2v) is 7.70. The van der Waals surface area contributed by atoms with Gasteiger partial charge in [-0.3, -0.25) is 4.79 Å². The van der Waals surface area contributed by atoms with Crippen LogP contribution in [-0.2, 0) is 4.79 Å². The van der Waals surface area contributed by atoms with Crippen LogP contribution in [0, 0.1) is 11.3 Å². The summed E-state index contributed by atoms with van der Waals surface area (Å²) < 4.78 is 0. The number of carbonyl (C=O) groups is 1. The number of carbonyl (C=O) groups excluding carboxylic acids is 1. The number of likely N-dealkylation sites (tertiary alicyclic amines) is 1. The highest BCUT2D eigenvalue weighted by molar-refractivity contribution is 7.10. The fourth-order valence-electron chi connectivity index (χ4n) is 4.02. The predicted molar refractivity (Wildman–Crippen MR) is 77.3 cm³/mol. The van der Waals surface area contributed by atoms with Crippen LogP contribution in [0.1, 0.15) is 49.3 Å². The monoisotopic (exact) mass is 275 g/mol. The van der Waals surface area contributed by atoms with Gasteiger partial charge in [-0.05, 0) is 55.4 Å². The minimum Gasteiger partial charge on any atom is -0.342 e. The van der Waals surface area contributed by atoms with Crippen molar-refractivity contribution in [3.05, 3.63) is 22.4 Å². The lowest BCUT2D eigenvalue weighted by molar-refractivity contribution is -0.134. The Hall–Kier alpha value is -0.830. The highest BCUT2D eigenvalue weighted by Gasteiger charge is 2.50. The van der Waals surface area contributed by atoms with Gasteiger partial charge < -0.3 is 4.90 Å². The van der Waals surface area contributed by atoms with Crippen molar-refractivity contribution in [2.75, 3.05) is 13.1 Å². The summed E-state index contributed by atoms with van der Waals surface area (Å²) in [4.78, 5) is 16.2. The van der Waals surface area contributed by atoms with Gasteiger partial charge in [0.1, 0.15) is 0 Å². The summed E-state index contributed by atoms with van der Waals surface area (Å²) >= 11 is 1.84. The van der Waals surface area contributed by atoms with E-state index in [9.17, 15) is 4.79 Å². The van der Waals surface area contributed by atoms with E-state index in [1.165, 1.54) is 30.6 Å². The Bertz CT molecular complexity index is 477. The molecule has 2 atom stereocenters. The maximum absolute atomic E-state index is 12.6. The van der Waals surface area contributed by atoms with E-state index in [2.05, 4.69) is 22.4 Å². The van der Waals surface area contributed by atoms with E-state index in [-0.39, 0.29) is 0 Å². The molecule has 19 heavy (non-hydrogen) atoms. The van der Waals surface area contributed by atoms with Gasteiger partial charge in [-0.15, -0.1) is 11.3 Å². The van der Waals surface area contributed by atoms with E-state index in [0.29, 0.717) is 23.2 Å². The Morgan fingerprint density at radius 2 is 2.21 bits per heavy atom. The molecule has 3 heteroatoms. The number of amides is 1. The number of nitrogens with zero attached hydrogens (tertiary/aromatic N) is 1. The van der Waals surface area contributed by atoms with Crippen LogP contribution in [-0.4, -0.2) is 23.9 Å². The summed E-state index contributed by atoms with van der Waals surface area (Å²) in [5.74, 6) is 1.41. The highest BCUT2D eigenvalue weighted by atomic mass is 32.1. The fourth-order valence-corrected chi connectivity index (χ4v) is 4.88. The molecule has 1 aromatic rings. The Labute approximate surface area is 118 Å². The quantitative estimate of drug-likeness (QED) is 0.807. The van der Waals surface area contributed by atoms with Gasteiger partial charge in [0.15, 0.2) is 0 Å². The maximum Gasteiger partial charge on any atom is 0.225 e. The molecule has 2 aliphatic carbocycles. The maximum atomic E-state index is 12.6. The standard InChI is InChI=1S/C16H21NOS/c18-15(12-3-5-16(10-12)6-7-16)17-8-4-13(11-17)14-2-1-9-19-14/h1-2,9,12-13H,3-8,10-11H2. The summed E-state index contributed by atoms with van der Waals surface area (Å²) in [6.45, 7) is 1.94. The van der Waals surface area contributed by atoms with E-state index in [1.807, 2.05) is 11.3 Å². The largest absolute Gasteiger partial charge is 0.342 e. The molecule has 0 bridgehead atoms. The first-order valence-corrected chi connectivity index (χ1v) is 8.46. The van der Waals surface area contributed by atoms with Crippen LogP contribution in [0.25, 0.3) is 0 Å². The van der Waals surface area contributed by atoms with Gasteiger partial charge in [-0.2, -0.15) is 0 Å². The number of hydrogen-bond acceptors (Lipinski definition) is 2. The summed E-state index contributed by atoms with van der Waals surface area (Å²) in [5.41, 5.74) is 0.618. The van der Waals surface area contributed by atoms with E-state index >= 15 is 0 Å². The molecule has 2 heterocycles. The van der Waals surface area contributed by atoms with E-state index < -0.39 is 0 Å². The Morgan fingerprint density at radius 1 is 1.32 bits per heavy atom. The molecule has 3 fully saturated rings. The molecule has 1 aliphatic heterocycles. The number of rotatable bonds is 2. The first kappa shape index (κ1) is 12.0. The lowest BCUT2D eigenvalue weighted by Gasteiger charge is -2.20. The second-order valence-electron chi connectivity index (χ2n) is 6.72. The minimum absolute atomic E-state index is 0.351.